The number of primary amides is 1. The maximum Gasteiger partial charge on any atom is 0.325 e. The Hall–Kier alpha value is -1.56. The van der Waals surface area contributed by atoms with Crippen molar-refractivity contribution in [2.75, 3.05) is 18.5 Å². The van der Waals surface area contributed by atoms with Crippen molar-refractivity contribution in [2.24, 2.45) is 5.73 Å². The van der Waals surface area contributed by atoms with Crippen LogP contribution >= 0.6 is 11.3 Å². The van der Waals surface area contributed by atoms with Gasteiger partial charge in [0, 0.05) is 0 Å². The number of carbonyl (C=O) groups is 2. The van der Waals surface area contributed by atoms with Crippen molar-refractivity contribution >= 4 is 28.9 Å². The highest BCUT2D eigenvalue weighted by Crippen LogP contribution is 2.21. The molecule has 1 amide bonds. The van der Waals surface area contributed by atoms with Crippen LogP contribution in [0.25, 0.3) is 0 Å². The minimum Gasteiger partial charge on any atom is -0.465 e. The molecule has 1 heterocycles. The molecule has 0 unspecified atom stereocenters. The summed E-state index contributed by atoms with van der Waals surface area (Å²) in [4.78, 5) is 22.4. The van der Waals surface area contributed by atoms with Crippen molar-refractivity contribution in [3.05, 3.63) is 16.3 Å². The van der Waals surface area contributed by atoms with E-state index in [0.717, 1.165) is 0 Å². The van der Waals surface area contributed by atoms with E-state index in [1.807, 2.05) is 0 Å². The minimum atomic E-state index is -0.503. The lowest BCUT2D eigenvalue weighted by atomic mass is 10.3. The fraction of sp³-hybridized carbons (Fsp3) is 0.333. The SMILES string of the molecule is CCOC(=O)CNc1ccsc1C(N)=O. The zero-order chi connectivity index (χ0) is 11.3. The number of hydrogen-bond acceptors (Lipinski definition) is 5. The van der Waals surface area contributed by atoms with Gasteiger partial charge in [-0.05, 0) is 18.4 Å². The number of anilines is 1. The van der Waals surface area contributed by atoms with Crippen LogP contribution in [0.3, 0.4) is 0 Å². The standard InChI is InChI=1S/C9H12N2O3S/c1-2-14-7(12)5-11-6-3-4-15-8(6)9(10)13/h3-4,11H,2,5H2,1H3,(H2,10,13). The Labute approximate surface area is 91.2 Å². The molecule has 15 heavy (non-hydrogen) atoms. The first-order valence-electron chi connectivity index (χ1n) is 4.42. The fourth-order valence-electron chi connectivity index (χ4n) is 1.02. The predicted octanol–water partition coefficient (Wildman–Crippen LogP) is 0.822. The van der Waals surface area contributed by atoms with Gasteiger partial charge in [-0.15, -0.1) is 11.3 Å². The van der Waals surface area contributed by atoms with Crippen LogP contribution in [0.4, 0.5) is 5.69 Å². The largest absolute Gasteiger partial charge is 0.465 e. The Morgan fingerprint density at radius 2 is 2.33 bits per heavy atom. The molecule has 0 aliphatic rings. The molecular weight excluding hydrogens is 216 g/mol. The molecule has 0 radical (unpaired) electrons. The van der Waals surface area contributed by atoms with Crippen LogP contribution in [0, 0.1) is 0 Å². The Balaban J connectivity index is 2.54. The first-order valence-corrected chi connectivity index (χ1v) is 5.30. The van der Waals surface area contributed by atoms with Crippen LogP contribution in [0.15, 0.2) is 11.4 Å². The summed E-state index contributed by atoms with van der Waals surface area (Å²) >= 11 is 1.23. The van der Waals surface area contributed by atoms with Crippen LogP contribution in [-0.2, 0) is 9.53 Å². The van der Waals surface area contributed by atoms with Gasteiger partial charge in [0.25, 0.3) is 5.91 Å². The highest BCUT2D eigenvalue weighted by atomic mass is 32.1. The Morgan fingerprint density at radius 1 is 1.60 bits per heavy atom. The third-order valence-corrected chi connectivity index (χ3v) is 2.55. The molecule has 0 fully saturated rings. The quantitative estimate of drug-likeness (QED) is 0.731. The van der Waals surface area contributed by atoms with Gasteiger partial charge in [-0.1, -0.05) is 0 Å². The lowest BCUT2D eigenvalue weighted by Gasteiger charge is -2.05. The highest BCUT2D eigenvalue weighted by Gasteiger charge is 2.10. The molecule has 0 saturated carbocycles. The molecule has 0 atom stereocenters. The Bertz CT molecular complexity index is 362. The van der Waals surface area contributed by atoms with Gasteiger partial charge in [0.15, 0.2) is 0 Å². The van der Waals surface area contributed by atoms with E-state index in [1.165, 1.54) is 11.3 Å². The van der Waals surface area contributed by atoms with E-state index in [0.29, 0.717) is 17.2 Å². The minimum absolute atomic E-state index is 0.0326. The van der Waals surface area contributed by atoms with Crippen molar-refractivity contribution in [2.45, 2.75) is 6.92 Å². The molecule has 6 heteroatoms. The number of carbonyl (C=O) groups excluding carboxylic acids is 2. The molecule has 3 N–H and O–H groups in total. The third kappa shape index (κ3) is 3.25. The summed E-state index contributed by atoms with van der Waals surface area (Å²) in [5.41, 5.74) is 5.71. The zero-order valence-electron chi connectivity index (χ0n) is 8.28. The van der Waals surface area contributed by atoms with Gasteiger partial charge >= 0.3 is 5.97 Å². The predicted molar refractivity (Wildman–Crippen MR) is 58.0 cm³/mol. The van der Waals surface area contributed by atoms with Crippen LogP contribution in [0.5, 0.6) is 0 Å². The second kappa shape index (κ2) is 5.35. The third-order valence-electron chi connectivity index (χ3n) is 1.62. The normalized spacial score (nSPS) is 9.67. The van der Waals surface area contributed by atoms with E-state index < -0.39 is 5.91 Å². The average molecular weight is 228 g/mol. The molecule has 1 aromatic heterocycles. The summed E-state index contributed by atoms with van der Waals surface area (Å²) in [5.74, 6) is -0.865. The van der Waals surface area contributed by atoms with E-state index in [1.54, 1.807) is 18.4 Å². The highest BCUT2D eigenvalue weighted by molar-refractivity contribution is 7.12. The van der Waals surface area contributed by atoms with Crippen molar-refractivity contribution in [1.29, 1.82) is 0 Å². The molecule has 5 nitrogen and oxygen atoms in total. The van der Waals surface area contributed by atoms with Gasteiger partial charge in [-0.2, -0.15) is 0 Å². The summed E-state index contributed by atoms with van der Waals surface area (Å²) in [7, 11) is 0. The van der Waals surface area contributed by atoms with Gasteiger partial charge in [0.1, 0.15) is 11.4 Å². The van der Waals surface area contributed by atoms with E-state index in [2.05, 4.69) is 5.32 Å². The zero-order valence-corrected chi connectivity index (χ0v) is 9.10. The molecule has 0 aromatic carbocycles. The summed E-state index contributed by atoms with van der Waals surface area (Å²) in [5, 5.41) is 4.52. The lowest BCUT2D eigenvalue weighted by molar-refractivity contribution is -0.140. The number of thiophene rings is 1. The summed E-state index contributed by atoms with van der Waals surface area (Å²) < 4.78 is 4.73. The summed E-state index contributed by atoms with van der Waals surface area (Å²) in [6, 6.07) is 1.70. The monoisotopic (exact) mass is 228 g/mol. The first kappa shape index (κ1) is 11.5. The molecule has 0 aliphatic heterocycles. The van der Waals surface area contributed by atoms with E-state index >= 15 is 0 Å². The number of ether oxygens (including phenoxy) is 1. The van der Waals surface area contributed by atoms with Crippen LogP contribution < -0.4 is 11.1 Å². The summed E-state index contributed by atoms with van der Waals surface area (Å²) in [6.07, 6.45) is 0. The second-order valence-electron chi connectivity index (χ2n) is 2.69. The second-order valence-corrected chi connectivity index (χ2v) is 3.60. The Kier molecular flexibility index (Phi) is 4.11. The molecule has 1 aromatic rings. The van der Waals surface area contributed by atoms with E-state index in [9.17, 15) is 9.59 Å². The number of amides is 1. The fourth-order valence-corrected chi connectivity index (χ4v) is 1.74. The number of hydrogen-bond donors (Lipinski definition) is 2. The number of nitrogens with two attached hydrogens (primary N) is 1. The van der Waals surface area contributed by atoms with E-state index in [-0.39, 0.29) is 12.5 Å². The van der Waals surface area contributed by atoms with Crippen LogP contribution in [0.1, 0.15) is 16.6 Å². The molecule has 0 bridgehead atoms. The maximum absolute atomic E-state index is 11.0. The topological polar surface area (TPSA) is 81.4 Å². The lowest BCUT2D eigenvalue weighted by Crippen LogP contribution is -2.18. The maximum atomic E-state index is 11.0. The molecule has 0 spiro atoms. The number of nitrogens with one attached hydrogen (secondary N) is 1. The molecule has 82 valence electrons. The van der Waals surface area contributed by atoms with Crippen molar-refractivity contribution in [3.63, 3.8) is 0 Å². The van der Waals surface area contributed by atoms with E-state index in [4.69, 9.17) is 10.5 Å². The van der Waals surface area contributed by atoms with Gasteiger partial charge in [-0.25, -0.2) is 0 Å². The van der Waals surface area contributed by atoms with Crippen molar-refractivity contribution < 1.29 is 14.3 Å². The van der Waals surface area contributed by atoms with Crippen molar-refractivity contribution in [1.82, 2.24) is 0 Å². The van der Waals surface area contributed by atoms with Crippen LogP contribution in [-0.4, -0.2) is 25.0 Å². The number of rotatable bonds is 5. The molecule has 0 aliphatic carbocycles. The smallest absolute Gasteiger partial charge is 0.325 e. The van der Waals surface area contributed by atoms with Gasteiger partial charge in [0.2, 0.25) is 0 Å². The molecule has 1 rings (SSSR count). The summed E-state index contributed by atoms with van der Waals surface area (Å²) in [6.45, 7) is 2.11. The van der Waals surface area contributed by atoms with Crippen molar-refractivity contribution in [3.8, 4) is 0 Å². The van der Waals surface area contributed by atoms with Gasteiger partial charge in [-0.3, -0.25) is 9.59 Å². The first-order chi connectivity index (χ1) is 7.15. The molecule has 0 saturated heterocycles. The van der Waals surface area contributed by atoms with Gasteiger partial charge < -0.3 is 15.8 Å². The Morgan fingerprint density at radius 3 is 2.93 bits per heavy atom. The number of esters is 1. The van der Waals surface area contributed by atoms with Gasteiger partial charge in [0.05, 0.1) is 12.3 Å². The van der Waals surface area contributed by atoms with Crippen LogP contribution in [0.2, 0.25) is 0 Å². The average Bonchev–Trinajstić information content (AvgIpc) is 2.63. The molecular formula is C9H12N2O3S.